The minimum atomic E-state index is -0.126. The number of hydrogen-bond donors (Lipinski definition) is 2. The minimum Gasteiger partial charge on any atom is -0.367 e. The predicted octanol–water partition coefficient (Wildman–Crippen LogP) is 4.45. The smallest absolute Gasteiger partial charge is 0.255 e. The zero-order valence-electron chi connectivity index (χ0n) is 12.2. The number of amides is 1. The third-order valence-corrected chi connectivity index (χ3v) is 4.36. The summed E-state index contributed by atoms with van der Waals surface area (Å²) >= 11 is 3.38. The van der Waals surface area contributed by atoms with Crippen molar-refractivity contribution < 1.29 is 4.79 Å². The molecule has 1 aliphatic rings. The number of rotatable bonds is 4. The van der Waals surface area contributed by atoms with Crippen LogP contribution in [0.1, 0.15) is 36.0 Å². The number of nitrogens with one attached hydrogen (secondary N) is 2. The van der Waals surface area contributed by atoms with Crippen molar-refractivity contribution in [3.63, 3.8) is 0 Å². The summed E-state index contributed by atoms with van der Waals surface area (Å²) in [7, 11) is 0. The zero-order chi connectivity index (χ0) is 15.4. The largest absolute Gasteiger partial charge is 0.367 e. The van der Waals surface area contributed by atoms with Crippen LogP contribution in [0.15, 0.2) is 47.1 Å². The van der Waals surface area contributed by atoms with Crippen molar-refractivity contribution in [3.8, 4) is 0 Å². The Morgan fingerprint density at radius 2 is 1.86 bits per heavy atom. The van der Waals surface area contributed by atoms with E-state index in [2.05, 4.69) is 31.5 Å². The van der Waals surface area contributed by atoms with Crippen LogP contribution in [0, 0.1) is 0 Å². The maximum Gasteiger partial charge on any atom is 0.255 e. The van der Waals surface area contributed by atoms with Crippen LogP contribution in [0.2, 0.25) is 0 Å². The number of halogens is 1. The lowest BCUT2D eigenvalue weighted by atomic mass is 10.2. The first-order chi connectivity index (χ1) is 10.7. The van der Waals surface area contributed by atoms with Crippen molar-refractivity contribution in [2.24, 2.45) is 0 Å². The van der Waals surface area contributed by atoms with E-state index in [0.717, 1.165) is 16.0 Å². The van der Waals surface area contributed by atoms with E-state index in [1.54, 1.807) is 12.3 Å². The van der Waals surface area contributed by atoms with E-state index in [9.17, 15) is 4.79 Å². The van der Waals surface area contributed by atoms with Gasteiger partial charge in [-0.1, -0.05) is 28.8 Å². The Labute approximate surface area is 138 Å². The molecule has 0 radical (unpaired) electrons. The van der Waals surface area contributed by atoms with E-state index in [0.29, 0.717) is 11.6 Å². The summed E-state index contributed by atoms with van der Waals surface area (Å²) in [5, 5.41) is 6.30. The van der Waals surface area contributed by atoms with Gasteiger partial charge < -0.3 is 10.6 Å². The highest BCUT2D eigenvalue weighted by Crippen LogP contribution is 2.22. The van der Waals surface area contributed by atoms with Crippen LogP contribution in [0.3, 0.4) is 0 Å². The van der Waals surface area contributed by atoms with Gasteiger partial charge in [-0.25, -0.2) is 4.98 Å². The van der Waals surface area contributed by atoms with Gasteiger partial charge in [-0.3, -0.25) is 4.79 Å². The fourth-order valence-electron chi connectivity index (χ4n) is 2.67. The summed E-state index contributed by atoms with van der Waals surface area (Å²) < 4.78 is 0.984. The molecule has 114 valence electrons. The lowest BCUT2D eigenvalue weighted by Crippen LogP contribution is -2.17. The van der Waals surface area contributed by atoms with Crippen molar-refractivity contribution in [2.45, 2.75) is 31.7 Å². The maximum atomic E-state index is 12.3. The van der Waals surface area contributed by atoms with Gasteiger partial charge in [0.05, 0.1) is 0 Å². The van der Waals surface area contributed by atoms with Crippen LogP contribution in [0.5, 0.6) is 0 Å². The molecule has 1 fully saturated rings. The predicted molar refractivity (Wildman–Crippen MR) is 92.2 cm³/mol. The van der Waals surface area contributed by atoms with Crippen LogP contribution >= 0.6 is 15.9 Å². The third kappa shape index (κ3) is 3.85. The van der Waals surface area contributed by atoms with Crippen LogP contribution in [-0.4, -0.2) is 16.9 Å². The number of nitrogens with zero attached hydrogens (tertiary/aromatic N) is 1. The van der Waals surface area contributed by atoms with Gasteiger partial charge in [-0.15, -0.1) is 0 Å². The highest BCUT2D eigenvalue weighted by atomic mass is 79.9. The van der Waals surface area contributed by atoms with Crippen LogP contribution in [-0.2, 0) is 0 Å². The molecule has 1 aromatic heterocycles. The Balaban J connectivity index is 1.67. The number of carbonyl (C=O) groups excluding carboxylic acids is 1. The molecule has 1 amide bonds. The van der Waals surface area contributed by atoms with Crippen LogP contribution in [0.25, 0.3) is 0 Å². The zero-order valence-corrected chi connectivity index (χ0v) is 13.8. The number of pyridine rings is 1. The number of benzene rings is 1. The SMILES string of the molecule is O=C(Nc1ccc(Br)cc1)c1ccnc(NC2CCCC2)c1. The lowest BCUT2D eigenvalue weighted by molar-refractivity contribution is 0.102. The molecular formula is C17H18BrN3O. The van der Waals surface area contributed by atoms with E-state index < -0.39 is 0 Å². The van der Waals surface area contributed by atoms with Crippen molar-refractivity contribution in [2.75, 3.05) is 10.6 Å². The van der Waals surface area contributed by atoms with Gasteiger partial charge in [-0.2, -0.15) is 0 Å². The van der Waals surface area contributed by atoms with Gasteiger partial charge >= 0.3 is 0 Å². The highest BCUT2D eigenvalue weighted by Gasteiger charge is 2.15. The van der Waals surface area contributed by atoms with Gasteiger partial charge in [0.15, 0.2) is 0 Å². The monoisotopic (exact) mass is 359 g/mol. The molecule has 2 N–H and O–H groups in total. The van der Waals surface area contributed by atoms with Gasteiger partial charge in [0.1, 0.15) is 5.82 Å². The molecule has 0 spiro atoms. The summed E-state index contributed by atoms with van der Waals surface area (Å²) in [6.07, 6.45) is 6.56. The van der Waals surface area contributed by atoms with E-state index in [-0.39, 0.29) is 5.91 Å². The highest BCUT2D eigenvalue weighted by molar-refractivity contribution is 9.10. The first-order valence-corrected chi connectivity index (χ1v) is 8.29. The van der Waals surface area contributed by atoms with Crippen molar-refractivity contribution >= 4 is 33.3 Å². The molecule has 3 rings (SSSR count). The Bertz CT molecular complexity index is 651. The molecule has 0 saturated heterocycles. The third-order valence-electron chi connectivity index (χ3n) is 3.83. The topological polar surface area (TPSA) is 54.0 Å². The quantitative estimate of drug-likeness (QED) is 0.847. The van der Waals surface area contributed by atoms with E-state index in [1.165, 1.54) is 25.7 Å². The summed E-state index contributed by atoms with van der Waals surface area (Å²) in [4.78, 5) is 16.6. The Morgan fingerprint density at radius 1 is 1.14 bits per heavy atom. The Kier molecular flexibility index (Phi) is 4.73. The van der Waals surface area contributed by atoms with Gasteiger partial charge in [0.2, 0.25) is 0 Å². The number of anilines is 2. The standard InChI is InChI=1S/C17H18BrN3O/c18-13-5-7-15(8-6-13)21-17(22)12-9-10-19-16(11-12)20-14-3-1-2-4-14/h5-11,14H,1-4H2,(H,19,20)(H,21,22). The molecule has 0 unspecified atom stereocenters. The van der Waals surface area contributed by atoms with Gasteiger partial charge in [-0.05, 0) is 49.2 Å². The second-order valence-electron chi connectivity index (χ2n) is 5.52. The fraction of sp³-hybridized carbons (Fsp3) is 0.294. The van der Waals surface area contributed by atoms with Crippen molar-refractivity contribution in [3.05, 3.63) is 52.6 Å². The molecule has 5 heteroatoms. The number of carbonyl (C=O) groups is 1. The summed E-state index contributed by atoms with van der Waals surface area (Å²) in [6, 6.07) is 11.5. The molecule has 0 bridgehead atoms. The second-order valence-corrected chi connectivity index (χ2v) is 6.43. The van der Waals surface area contributed by atoms with Crippen molar-refractivity contribution in [1.82, 2.24) is 4.98 Å². The average molecular weight is 360 g/mol. The first-order valence-electron chi connectivity index (χ1n) is 7.50. The Morgan fingerprint density at radius 3 is 2.59 bits per heavy atom. The maximum absolute atomic E-state index is 12.3. The summed E-state index contributed by atoms with van der Waals surface area (Å²) in [5.74, 6) is 0.648. The van der Waals surface area contributed by atoms with E-state index in [4.69, 9.17) is 0 Å². The second kappa shape index (κ2) is 6.92. The van der Waals surface area contributed by atoms with E-state index in [1.807, 2.05) is 30.3 Å². The Hall–Kier alpha value is -1.88. The van der Waals surface area contributed by atoms with Crippen molar-refractivity contribution in [1.29, 1.82) is 0 Å². The van der Waals surface area contributed by atoms with E-state index >= 15 is 0 Å². The molecule has 1 saturated carbocycles. The van der Waals surface area contributed by atoms with Crippen LogP contribution in [0.4, 0.5) is 11.5 Å². The van der Waals surface area contributed by atoms with Gasteiger partial charge in [0, 0.05) is 28.0 Å². The molecule has 4 nitrogen and oxygen atoms in total. The lowest BCUT2D eigenvalue weighted by Gasteiger charge is -2.13. The molecular weight excluding hydrogens is 342 g/mol. The first kappa shape index (κ1) is 15.0. The fourth-order valence-corrected chi connectivity index (χ4v) is 2.93. The minimum absolute atomic E-state index is 0.126. The summed E-state index contributed by atoms with van der Waals surface area (Å²) in [5.41, 5.74) is 1.38. The van der Waals surface area contributed by atoms with Gasteiger partial charge in [0.25, 0.3) is 5.91 Å². The molecule has 0 atom stereocenters. The number of aromatic nitrogens is 1. The molecule has 2 aromatic rings. The molecule has 1 aromatic carbocycles. The number of hydrogen-bond acceptors (Lipinski definition) is 3. The molecule has 1 heterocycles. The van der Waals surface area contributed by atoms with Crippen LogP contribution < -0.4 is 10.6 Å². The summed E-state index contributed by atoms with van der Waals surface area (Å²) in [6.45, 7) is 0. The molecule has 0 aliphatic heterocycles. The average Bonchev–Trinajstić information content (AvgIpc) is 3.03. The molecule has 22 heavy (non-hydrogen) atoms. The normalized spacial score (nSPS) is 14.8. The molecule has 1 aliphatic carbocycles.